The van der Waals surface area contributed by atoms with Crippen molar-refractivity contribution in [2.24, 2.45) is 0 Å². The SMILES string of the molecule is C=CCC.C=CCC.C=CCC.C=CCC.CC(C)(c1ccc(N2COc3ccccc3C2)cc1)c1ccc(N2COc3ccccc3C2)cc1.CC(C)(c1ccc2c(c1)CN(c1ccccc1)CO2)c1ccc2c(c1)CN(c1ccccc1)CO2.c1ccc(N2COc3ccc(Cc4ccc5c(c4)CN(c4ccccc4)CO5)cc3C2)cc1. The van der Waals surface area contributed by atoms with Crippen LogP contribution in [0.1, 0.15) is 148 Å². The fourth-order valence-electron chi connectivity index (χ4n) is 14.7. The van der Waals surface area contributed by atoms with E-state index in [1.54, 1.807) is 0 Å². The molecular formula is C107H118N6O6. The van der Waals surface area contributed by atoms with Gasteiger partial charge in [-0.05, 0) is 199 Å². The van der Waals surface area contributed by atoms with Gasteiger partial charge < -0.3 is 57.8 Å². The number of fused-ring (bicyclic) bond motifs is 6. The van der Waals surface area contributed by atoms with Crippen LogP contribution >= 0.6 is 0 Å². The van der Waals surface area contributed by atoms with Gasteiger partial charge in [0.05, 0.1) is 0 Å². The number of allylic oxidation sites excluding steroid dienone is 4. The van der Waals surface area contributed by atoms with E-state index in [2.05, 4.69) is 354 Å². The molecule has 0 saturated heterocycles. The third-order valence-corrected chi connectivity index (χ3v) is 22.1. The molecule has 12 aromatic carbocycles. The molecule has 12 nitrogen and oxygen atoms in total. The highest BCUT2D eigenvalue weighted by Crippen LogP contribution is 2.42. The van der Waals surface area contributed by atoms with E-state index in [9.17, 15) is 0 Å². The second-order valence-electron chi connectivity index (χ2n) is 31.2. The number of rotatable bonds is 16. The highest BCUT2D eigenvalue weighted by atomic mass is 16.5. The van der Waals surface area contributed by atoms with Gasteiger partial charge in [0.2, 0.25) is 0 Å². The van der Waals surface area contributed by atoms with E-state index in [-0.39, 0.29) is 10.8 Å². The molecule has 0 aromatic heterocycles. The van der Waals surface area contributed by atoms with Crippen LogP contribution in [0.25, 0.3) is 0 Å². The third kappa shape index (κ3) is 22.5. The second kappa shape index (κ2) is 42.4. The first kappa shape index (κ1) is 85.6. The maximum Gasteiger partial charge on any atom is 0.161 e. The summed E-state index contributed by atoms with van der Waals surface area (Å²) >= 11 is 0. The first-order valence-corrected chi connectivity index (χ1v) is 41.9. The lowest BCUT2D eigenvalue weighted by Gasteiger charge is -2.34. The normalized spacial score (nSPS) is 13.7. The summed E-state index contributed by atoms with van der Waals surface area (Å²) < 4.78 is 36.1. The van der Waals surface area contributed by atoms with Crippen molar-refractivity contribution in [1.82, 2.24) is 0 Å². The lowest BCUT2D eigenvalue weighted by Crippen LogP contribution is -2.32. The van der Waals surface area contributed by atoms with Gasteiger partial charge in [-0.3, -0.25) is 0 Å². The number of anilines is 6. The van der Waals surface area contributed by atoms with Gasteiger partial charge in [-0.25, -0.2) is 0 Å². The van der Waals surface area contributed by atoms with Crippen LogP contribution in [0.15, 0.2) is 342 Å². The van der Waals surface area contributed by atoms with Gasteiger partial charge in [-0.1, -0.05) is 237 Å². The van der Waals surface area contributed by atoms with E-state index < -0.39 is 0 Å². The van der Waals surface area contributed by atoms with Gasteiger partial charge in [0.1, 0.15) is 34.5 Å². The van der Waals surface area contributed by atoms with Crippen molar-refractivity contribution in [3.63, 3.8) is 0 Å². The highest BCUT2D eigenvalue weighted by Gasteiger charge is 2.31. The third-order valence-electron chi connectivity index (χ3n) is 22.1. The van der Waals surface area contributed by atoms with E-state index in [1.165, 1.54) is 101 Å². The molecule has 0 aliphatic carbocycles. The van der Waals surface area contributed by atoms with Crippen molar-refractivity contribution in [3.05, 3.63) is 409 Å². The fourth-order valence-corrected chi connectivity index (χ4v) is 14.7. The fraction of sp³-hybridized carbons (Fsp3) is 0.252. The Hall–Kier alpha value is -12.8. The number of para-hydroxylation sites is 6. The maximum absolute atomic E-state index is 6.10. The van der Waals surface area contributed by atoms with Crippen LogP contribution in [-0.4, -0.2) is 40.4 Å². The number of nitrogens with zero attached hydrogens (tertiary/aromatic N) is 6. The van der Waals surface area contributed by atoms with E-state index in [0.29, 0.717) is 40.4 Å². The molecule has 6 aliphatic heterocycles. The Kier molecular flexibility index (Phi) is 30.5. The Morgan fingerprint density at radius 2 is 0.454 bits per heavy atom. The van der Waals surface area contributed by atoms with E-state index in [4.69, 9.17) is 28.4 Å². The van der Waals surface area contributed by atoms with Crippen molar-refractivity contribution < 1.29 is 28.4 Å². The van der Waals surface area contributed by atoms with Crippen LogP contribution < -0.4 is 57.8 Å². The molecule has 18 rings (SSSR count). The molecule has 0 fully saturated rings. The monoisotopic (exact) mass is 1580 g/mol. The molecule has 6 heterocycles. The molecule has 12 aromatic rings. The van der Waals surface area contributed by atoms with Gasteiger partial charge in [0, 0.05) is 118 Å². The van der Waals surface area contributed by atoms with E-state index in [0.717, 1.165) is 106 Å². The average Bonchev–Trinajstić information content (AvgIpc) is 0.764. The van der Waals surface area contributed by atoms with Crippen LogP contribution in [0, 0.1) is 0 Å². The summed E-state index contributed by atoms with van der Waals surface area (Å²) in [5.74, 6) is 5.92. The molecule has 119 heavy (non-hydrogen) atoms. The van der Waals surface area contributed by atoms with E-state index in [1.807, 2.05) is 72.8 Å². The number of ether oxygens (including phenoxy) is 6. The summed E-state index contributed by atoms with van der Waals surface area (Å²) in [5, 5.41) is 0. The minimum absolute atomic E-state index is 0.104. The Morgan fingerprint density at radius 3 is 0.731 bits per heavy atom. The summed E-state index contributed by atoms with van der Waals surface area (Å²) in [6, 6.07) is 103. The van der Waals surface area contributed by atoms with Crippen molar-refractivity contribution in [3.8, 4) is 34.5 Å². The van der Waals surface area contributed by atoms with Crippen LogP contribution in [0.3, 0.4) is 0 Å². The summed E-state index contributed by atoms with van der Waals surface area (Å²) in [6.07, 6.45) is 12.7. The molecule has 0 unspecified atom stereocenters. The molecule has 0 radical (unpaired) electrons. The number of hydrogen-bond acceptors (Lipinski definition) is 12. The maximum atomic E-state index is 6.10. The van der Waals surface area contributed by atoms with Crippen LogP contribution in [-0.2, 0) is 56.5 Å². The summed E-state index contributed by atoms with van der Waals surface area (Å²) in [4.78, 5) is 13.6. The zero-order chi connectivity index (χ0) is 83.4. The Bertz CT molecular complexity index is 4870. The quantitative estimate of drug-likeness (QED) is 0.0865. The lowest BCUT2D eigenvalue weighted by atomic mass is 9.77. The number of hydrogen-bond donors (Lipinski definition) is 0. The molecule has 0 atom stereocenters. The van der Waals surface area contributed by atoms with Crippen LogP contribution in [0.4, 0.5) is 34.1 Å². The van der Waals surface area contributed by atoms with Crippen LogP contribution in [0.5, 0.6) is 34.5 Å². The van der Waals surface area contributed by atoms with Crippen molar-refractivity contribution in [1.29, 1.82) is 0 Å². The molecule has 612 valence electrons. The lowest BCUT2D eigenvalue weighted by molar-refractivity contribution is 0.288. The van der Waals surface area contributed by atoms with Crippen LogP contribution in [0.2, 0.25) is 0 Å². The average molecular weight is 1580 g/mol. The van der Waals surface area contributed by atoms with Crippen molar-refractivity contribution >= 4 is 34.1 Å². The van der Waals surface area contributed by atoms with Gasteiger partial charge in [-0.2, -0.15) is 0 Å². The largest absolute Gasteiger partial charge is 0.473 e. The molecule has 12 heteroatoms. The molecule has 0 amide bonds. The topological polar surface area (TPSA) is 74.8 Å². The first-order valence-electron chi connectivity index (χ1n) is 41.9. The zero-order valence-electron chi connectivity index (χ0n) is 71.0. The predicted octanol–water partition coefficient (Wildman–Crippen LogP) is 25.8. The molecule has 0 spiro atoms. The second-order valence-corrected chi connectivity index (χ2v) is 31.2. The molecule has 6 aliphatic rings. The standard InChI is InChI=1S/2C31H30N2O2.C29H26N2O2.4C4H8/c1-31(2,25-11-15-27(16-12-25)32-19-23-7-3-5-9-29(23)34-21-32)26-13-17-28(18-14-26)33-20-24-8-4-6-10-30(24)35-22-33;1-31(2,25-13-15-29-23(17-25)19-32(21-34-29)27-9-5-3-6-10-27)26-14-16-30-24(18-26)20-33(22-35-30)28-11-7-4-8-12-28;1-3-7-26(8-4-1)30-18-24-16-22(11-13-28(24)32-20-30)15-23-12-14-29-25(17-23)19-31(21-33-29)27-9-5-2-6-10-27;4*1-3-4-2/h2*3-18H,19-22H2,1-2H3;1-14,16-17H,15,18-21H2;4*3H,1,4H2,2H3. The van der Waals surface area contributed by atoms with E-state index >= 15 is 0 Å². The molecule has 0 bridgehead atoms. The summed E-state index contributed by atoms with van der Waals surface area (Å²) in [6.45, 7) is 39.9. The van der Waals surface area contributed by atoms with Gasteiger partial charge in [-0.15, -0.1) is 26.3 Å². The Balaban J connectivity index is 0.000000150. The zero-order valence-corrected chi connectivity index (χ0v) is 71.0. The van der Waals surface area contributed by atoms with Gasteiger partial charge in [0.15, 0.2) is 40.4 Å². The molecular weight excluding hydrogens is 1470 g/mol. The van der Waals surface area contributed by atoms with Gasteiger partial charge >= 0.3 is 0 Å². The smallest absolute Gasteiger partial charge is 0.161 e. The number of benzene rings is 12. The van der Waals surface area contributed by atoms with Crippen molar-refractivity contribution in [2.45, 2.75) is 138 Å². The summed E-state index contributed by atoms with van der Waals surface area (Å²) in [7, 11) is 0. The predicted molar refractivity (Wildman–Crippen MR) is 496 cm³/mol. The van der Waals surface area contributed by atoms with Crippen molar-refractivity contribution in [2.75, 3.05) is 69.8 Å². The Morgan fingerprint density at radius 1 is 0.244 bits per heavy atom. The van der Waals surface area contributed by atoms with Gasteiger partial charge in [0.25, 0.3) is 0 Å². The minimum Gasteiger partial charge on any atom is -0.473 e. The molecule has 0 saturated carbocycles. The minimum atomic E-state index is -0.159. The first-order chi connectivity index (χ1) is 58.1. The molecule has 0 N–H and O–H groups in total. The summed E-state index contributed by atoms with van der Waals surface area (Å²) in [5.41, 5.74) is 22.0. The highest BCUT2D eigenvalue weighted by molar-refractivity contribution is 5.60. The Labute approximate surface area is 708 Å².